The van der Waals surface area contributed by atoms with Gasteiger partial charge in [-0.3, -0.25) is 4.79 Å². The molecule has 0 aliphatic heterocycles. The number of phenols is 2. The molecule has 1 aromatic heterocycles. The number of rotatable bonds is 7. The Kier molecular flexibility index (Phi) is 6.46. The van der Waals surface area contributed by atoms with Crippen molar-refractivity contribution >= 4 is 17.5 Å². The number of hydrogen-bond donors (Lipinski definition) is 3. The summed E-state index contributed by atoms with van der Waals surface area (Å²) < 4.78 is 11.0. The molecule has 168 valence electrons. The van der Waals surface area contributed by atoms with Gasteiger partial charge >= 0.3 is 11.8 Å². The van der Waals surface area contributed by atoms with E-state index in [-0.39, 0.29) is 36.4 Å². The van der Waals surface area contributed by atoms with Crippen LogP contribution in [-0.4, -0.2) is 26.3 Å². The van der Waals surface area contributed by atoms with Crippen LogP contribution in [0.1, 0.15) is 27.4 Å². The average molecular weight is 466 g/mol. The number of aromatic hydroxyl groups is 2. The first-order chi connectivity index (χ1) is 15.9. The molecule has 0 unspecified atom stereocenters. The highest BCUT2D eigenvalue weighted by molar-refractivity contribution is 6.32. The lowest BCUT2D eigenvalue weighted by Crippen LogP contribution is -2.23. The summed E-state index contributed by atoms with van der Waals surface area (Å²) in [7, 11) is 0. The number of hydrogen-bond acceptors (Lipinski definition) is 7. The average Bonchev–Trinajstić information content (AvgIpc) is 3.29. The lowest BCUT2D eigenvalue weighted by Gasteiger charge is -2.12. The van der Waals surface area contributed by atoms with Crippen molar-refractivity contribution in [2.75, 3.05) is 0 Å². The van der Waals surface area contributed by atoms with Crippen LogP contribution in [0.15, 0.2) is 65.2 Å². The molecule has 33 heavy (non-hydrogen) atoms. The van der Waals surface area contributed by atoms with Gasteiger partial charge in [-0.05, 0) is 60.0 Å². The highest BCUT2D eigenvalue weighted by Gasteiger charge is 2.18. The Bertz CT molecular complexity index is 1250. The summed E-state index contributed by atoms with van der Waals surface area (Å²) in [6.45, 7) is 2.37. The Morgan fingerprint density at radius 3 is 2.30 bits per heavy atom. The molecule has 0 saturated heterocycles. The summed E-state index contributed by atoms with van der Waals surface area (Å²) in [5.74, 6) is 0.385. The van der Waals surface area contributed by atoms with Gasteiger partial charge in [0, 0.05) is 12.1 Å². The normalized spacial score (nSPS) is 10.7. The molecule has 0 atom stereocenters. The molecule has 0 fully saturated rings. The molecule has 3 aromatic carbocycles. The van der Waals surface area contributed by atoms with Gasteiger partial charge in [0.05, 0.1) is 5.02 Å². The molecule has 9 heteroatoms. The van der Waals surface area contributed by atoms with Crippen LogP contribution in [-0.2, 0) is 13.2 Å². The molecule has 3 N–H and O–H groups in total. The van der Waals surface area contributed by atoms with Crippen LogP contribution in [0.2, 0.25) is 5.02 Å². The molecule has 0 radical (unpaired) electrons. The first kappa shape index (κ1) is 22.2. The van der Waals surface area contributed by atoms with E-state index in [4.69, 9.17) is 20.9 Å². The minimum absolute atomic E-state index is 0.150. The monoisotopic (exact) mass is 465 g/mol. The van der Waals surface area contributed by atoms with Crippen LogP contribution in [0.25, 0.3) is 11.4 Å². The summed E-state index contributed by atoms with van der Waals surface area (Å²) in [4.78, 5) is 16.5. The van der Waals surface area contributed by atoms with Crippen molar-refractivity contribution in [3.63, 3.8) is 0 Å². The van der Waals surface area contributed by atoms with Gasteiger partial charge in [-0.15, -0.1) is 0 Å². The van der Waals surface area contributed by atoms with E-state index in [1.54, 1.807) is 48.5 Å². The number of aromatic nitrogens is 2. The smallest absolute Gasteiger partial charge is 0.316 e. The molecule has 1 heterocycles. The minimum Gasteiger partial charge on any atom is -0.508 e. The minimum atomic E-state index is -0.515. The third-order valence-corrected chi connectivity index (χ3v) is 5.10. The number of nitrogens with zero attached hydrogens (tertiary/aromatic N) is 2. The molecule has 0 aliphatic carbocycles. The summed E-state index contributed by atoms with van der Waals surface area (Å²) >= 11 is 6.43. The summed E-state index contributed by atoms with van der Waals surface area (Å²) in [6.07, 6.45) is 0. The number of carbonyl (C=O) groups excluding carboxylic acids is 1. The second kappa shape index (κ2) is 9.62. The van der Waals surface area contributed by atoms with Crippen molar-refractivity contribution in [3.05, 3.63) is 88.3 Å². The number of aryl methyl sites for hydroxylation is 1. The Hall–Kier alpha value is -4.04. The van der Waals surface area contributed by atoms with Crippen molar-refractivity contribution in [3.8, 4) is 28.6 Å². The molecule has 4 aromatic rings. The van der Waals surface area contributed by atoms with E-state index in [1.807, 2.05) is 6.92 Å². The lowest BCUT2D eigenvalue weighted by atomic mass is 10.1. The lowest BCUT2D eigenvalue weighted by molar-refractivity contribution is 0.0907. The molecular formula is C24H20ClN3O5. The van der Waals surface area contributed by atoms with Gasteiger partial charge in [-0.2, -0.15) is 4.98 Å². The number of phenolic OH excluding ortho intramolecular Hbond substituents is 2. The number of carbonyl (C=O) groups is 1. The van der Waals surface area contributed by atoms with Gasteiger partial charge in [0.2, 0.25) is 5.82 Å². The molecule has 8 nitrogen and oxygen atoms in total. The van der Waals surface area contributed by atoms with Crippen LogP contribution in [0.4, 0.5) is 0 Å². The fourth-order valence-electron chi connectivity index (χ4n) is 3.10. The highest BCUT2D eigenvalue weighted by Crippen LogP contribution is 2.34. The third kappa shape index (κ3) is 5.42. The third-order valence-electron chi connectivity index (χ3n) is 4.82. The molecular weight excluding hydrogens is 446 g/mol. The zero-order chi connectivity index (χ0) is 23.4. The van der Waals surface area contributed by atoms with Gasteiger partial charge in [-0.1, -0.05) is 41.0 Å². The first-order valence-electron chi connectivity index (χ1n) is 10.00. The molecule has 1 amide bonds. The van der Waals surface area contributed by atoms with Gasteiger partial charge in [-0.25, -0.2) is 0 Å². The van der Waals surface area contributed by atoms with E-state index >= 15 is 0 Å². The number of benzene rings is 3. The maximum absolute atomic E-state index is 12.3. The van der Waals surface area contributed by atoms with Gasteiger partial charge < -0.3 is 24.8 Å². The fourth-order valence-corrected chi connectivity index (χ4v) is 3.42. The largest absolute Gasteiger partial charge is 0.508 e. The van der Waals surface area contributed by atoms with Crippen LogP contribution in [0.3, 0.4) is 0 Å². The number of halogens is 1. The van der Waals surface area contributed by atoms with E-state index < -0.39 is 5.91 Å². The second-order valence-electron chi connectivity index (χ2n) is 7.33. The maximum atomic E-state index is 12.3. The van der Waals surface area contributed by atoms with Crippen molar-refractivity contribution in [2.24, 2.45) is 0 Å². The van der Waals surface area contributed by atoms with Gasteiger partial charge in [0.15, 0.2) is 0 Å². The zero-order valence-corrected chi connectivity index (χ0v) is 18.3. The Morgan fingerprint density at radius 1 is 1.03 bits per heavy atom. The van der Waals surface area contributed by atoms with Crippen molar-refractivity contribution in [2.45, 2.75) is 20.1 Å². The van der Waals surface area contributed by atoms with E-state index in [9.17, 15) is 15.0 Å². The fraction of sp³-hybridized carbons (Fsp3) is 0.125. The Morgan fingerprint density at radius 2 is 1.67 bits per heavy atom. The summed E-state index contributed by atoms with van der Waals surface area (Å²) in [5.41, 5.74) is 3.04. The maximum Gasteiger partial charge on any atom is 0.316 e. The summed E-state index contributed by atoms with van der Waals surface area (Å²) in [5, 5.41) is 25.6. The molecule has 0 bridgehead atoms. The van der Waals surface area contributed by atoms with E-state index in [0.29, 0.717) is 16.3 Å². The van der Waals surface area contributed by atoms with Gasteiger partial charge in [0.1, 0.15) is 23.9 Å². The predicted molar refractivity (Wildman–Crippen MR) is 121 cm³/mol. The molecule has 0 aliphatic rings. The first-order valence-corrected chi connectivity index (χ1v) is 10.4. The topological polar surface area (TPSA) is 118 Å². The van der Waals surface area contributed by atoms with E-state index in [2.05, 4.69) is 15.5 Å². The van der Waals surface area contributed by atoms with Crippen LogP contribution >= 0.6 is 11.6 Å². The van der Waals surface area contributed by atoms with Crippen molar-refractivity contribution in [1.82, 2.24) is 15.5 Å². The molecule has 0 saturated carbocycles. The zero-order valence-electron chi connectivity index (χ0n) is 17.6. The van der Waals surface area contributed by atoms with Crippen molar-refractivity contribution in [1.29, 1.82) is 0 Å². The van der Waals surface area contributed by atoms with Crippen LogP contribution in [0.5, 0.6) is 17.2 Å². The van der Waals surface area contributed by atoms with E-state index in [0.717, 1.165) is 16.7 Å². The Balaban J connectivity index is 1.43. The van der Waals surface area contributed by atoms with Gasteiger partial charge in [0.25, 0.3) is 0 Å². The number of ether oxygens (including phenoxy) is 1. The molecule has 0 spiro atoms. The van der Waals surface area contributed by atoms with Crippen molar-refractivity contribution < 1.29 is 24.3 Å². The van der Waals surface area contributed by atoms with Crippen LogP contribution in [0, 0.1) is 6.92 Å². The van der Waals surface area contributed by atoms with Crippen LogP contribution < -0.4 is 10.1 Å². The predicted octanol–water partition coefficient (Wildman–Crippen LogP) is 4.62. The number of nitrogens with one attached hydrogen (secondary N) is 1. The quantitative estimate of drug-likeness (QED) is 0.364. The second-order valence-corrected chi connectivity index (χ2v) is 7.74. The molecule has 4 rings (SSSR count). The standard InChI is InChI=1S/C24H20ClN3O5/c1-14-10-17(11-20(25)21(14)32-13-16-4-8-19(30)9-5-16)22-27-24(33-28-22)23(31)26-12-15-2-6-18(29)7-3-15/h2-11,29-30H,12-13H2,1H3,(H,26,31). The summed E-state index contributed by atoms with van der Waals surface area (Å²) in [6, 6.07) is 16.6. The SMILES string of the molecule is Cc1cc(-c2noc(C(=O)NCc3ccc(O)cc3)n2)cc(Cl)c1OCc1ccc(O)cc1. The Labute approximate surface area is 194 Å². The number of amides is 1. The highest BCUT2D eigenvalue weighted by atomic mass is 35.5. The van der Waals surface area contributed by atoms with E-state index in [1.165, 1.54) is 12.1 Å².